The molecule has 5 aromatic rings. The number of benzene rings is 2. The van der Waals surface area contributed by atoms with Crippen molar-refractivity contribution in [2.45, 2.75) is 151 Å². The first-order valence-corrected chi connectivity index (χ1v) is 30.7. The summed E-state index contributed by atoms with van der Waals surface area (Å²) in [6, 6.07) is 4.24. The first-order chi connectivity index (χ1) is 43.8. The van der Waals surface area contributed by atoms with Crippen molar-refractivity contribution in [1.29, 1.82) is 5.41 Å². The van der Waals surface area contributed by atoms with E-state index in [2.05, 4.69) is 78.1 Å². The lowest BCUT2D eigenvalue weighted by Crippen LogP contribution is -2.61. The van der Waals surface area contributed by atoms with Crippen molar-refractivity contribution in [3.8, 4) is 0 Å². The lowest BCUT2D eigenvalue weighted by atomic mass is 10.0. The normalized spacial score (nSPS) is 22.9. The van der Waals surface area contributed by atoms with Crippen LogP contribution in [0.2, 0.25) is 0 Å². The molecule has 9 atom stereocenters. The van der Waals surface area contributed by atoms with Crippen LogP contribution in [-0.2, 0) is 78.4 Å². The van der Waals surface area contributed by atoms with E-state index in [4.69, 9.17) is 11.1 Å². The average Bonchev–Trinajstić information content (AvgIpc) is 1.81. The SMILES string of the molecule is CNC(=O)[C@H](Cc1c[nH]cn1)NC(=O)[C@@H]1CCCN1C(=O)[C@@H]1CCCN1C(=O)[C@@H]1CC(=O)NCCCC[C@H](NC(C)=O)C(=O)N[C@@H](Cc2c[nH]cn2)C(=O)N[C@H](Cc2ccccc2)C(=O)N[C@@H](CCCNC(=N)N)C(=O)N[C@@H](Cc2c[nH]c3ccccc23)C(=O)N1. The van der Waals surface area contributed by atoms with Crippen molar-refractivity contribution in [3.63, 3.8) is 0 Å². The summed E-state index contributed by atoms with van der Waals surface area (Å²) in [5, 5.41) is 35.8. The minimum Gasteiger partial charge on any atom is -0.370 e. The van der Waals surface area contributed by atoms with Crippen LogP contribution >= 0.6 is 0 Å². The molecule has 3 fully saturated rings. The van der Waals surface area contributed by atoms with Gasteiger partial charge in [0, 0.05) is 95.3 Å². The maximum atomic E-state index is 15.3. The summed E-state index contributed by atoms with van der Waals surface area (Å²) in [6.45, 7) is 1.51. The van der Waals surface area contributed by atoms with Crippen molar-refractivity contribution >= 4 is 81.8 Å². The number of nitrogens with two attached hydrogens (primary N) is 1. The van der Waals surface area contributed by atoms with Gasteiger partial charge in [-0.3, -0.25) is 58.1 Å². The largest absolute Gasteiger partial charge is 0.370 e. The maximum Gasteiger partial charge on any atom is 0.246 e. The molecule has 486 valence electrons. The zero-order valence-electron chi connectivity index (χ0n) is 50.9. The number of para-hydroxylation sites is 1. The van der Waals surface area contributed by atoms with E-state index in [-0.39, 0.29) is 103 Å². The van der Waals surface area contributed by atoms with Crippen LogP contribution in [0.15, 0.2) is 85.8 Å². The summed E-state index contributed by atoms with van der Waals surface area (Å²) < 4.78 is 0. The highest BCUT2D eigenvalue weighted by Gasteiger charge is 2.45. The number of hydrogen-bond acceptors (Lipinski definition) is 14. The number of hydrogen-bond donors (Lipinski definition) is 15. The number of imidazole rings is 2. The second kappa shape index (κ2) is 32.4. The molecule has 2 aromatic carbocycles. The molecule has 16 N–H and O–H groups in total. The fraction of sp³-hybridized carbons (Fsp3) is 0.475. The summed E-state index contributed by atoms with van der Waals surface area (Å²) in [6.07, 6.45) is 8.37. The van der Waals surface area contributed by atoms with Gasteiger partial charge in [-0.15, -0.1) is 0 Å². The minimum atomic E-state index is -1.66. The van der Waals surface area contributed by atoms with Crippen LogP contribution in [0.1, 0.15) is 93.6 Å². The summed E-state index contributed by atoms with van der Waals surface area (Å²) in [4.78, 5) is 178. The molecule has 30 nitrogen and oxygen atoms in total. The zero-order valence-corrected chi connectivity index (χ0v) is 50.9. The summed E-state index contributed by atoms with van der Waals surface area (Å²) in [5.41, 5.74) is 8.39. The molecule has 6 heterocycles. The predicted molar refractivity (Wildman–Crippen MR) is 330 cm³/mol. The Labute approximate surface area is 524 Å². The number of aromatic amines is 3. The second-order valence-electron chi connectivity index (χ2n) is 22.9. The fourth-order valence-corrected chi connectivity index (χ4v) is 11.7. The Morgan fingerprint density at radius 2 is 1.30 bits per heavy atom. The van der Waals surface area contributed by atoms with Gasteiger partial charge in [0.25, 0.3) is 0 Å². The van der Waals surface area contributed by atoms with Crippen molar-refractivity contribution in [2.75, 3.05) is 33.2 Å². The Bertz CT molecular complexity index is 3380. The number of nitrogens with zero attached hydrogens (tertiary/aromatic N) is 4. The van der Waals surface area contributed by atoms with E-state index in [1.807, 2.05) is 18.2 Å². The third-order valence-electron chi connectivity index (χ3n) is 16.3. The van der Waals surface area contributed by atoms with Crippen molar-refractivity contribution in [1.82, 2.24) is 87.9 Å². The zero-order chi connectivity index (χ0) is 65.0. The molecule has 0 unspecified atom stereocenters. The number of likely N-dealkylation sites (N-methyl/N-ethyl adjacent to an activating group) is 1. The molecule has 0 saturated carbocycles. The van der Waals surface area contributed by atoms with E-state index in [0.29, 0.717) is 46.3 Å². The summed E-state index contributed by atoms with van der Waals surface area (Å²) in [5.74, 6) is -8.14. The van der Waals surface area contributed by atoms with Gasteiger partial charge in [0.15, 0.2) is 5.96 Å². The first kappa shape index (κ1) is 66.8. The molecule has 3 aliphatic rings. The van der Waals surface area contributed by atoms with E-state index in [1.54, 1.807) is 48.8 Å². The molecule has 11 amide bonds. The van der Waals surface area contributed by atoms with E-state index in [0.717, 1.165) is 0 Å². The van der Waals surface area contributed by atoms with Gasteiger partial charge in [-0.05, 0) is 75.0 Å². The maximum absolute atomic E-state index is 15.3. The number of H-pyrrole nitrogens is 3. The number of nitrogens with one attached hydrogen (secondary N) is 14. The number of fused-ring (bicyclic) bond motifs is 1. The van der Waals surface area contributed by atoms with Gasteiger partial charge in [-0.25, -0.2) is 9.97 Å². The molecule has 0 spiro atoms. The number of aromatic nitrogens is 5. The average molecular weight is 1260 g/mol. The van der Waals surface area contributed by atoms with Crippen LogP contribution < -0.4 is 58.9 Å². The number of likely N-dealkylation sites (tertiary alicyclic amines) is 2. The molecular formula is C61H81N19O11. The lowest BCUT2D eigenvalue weighted by Gasteiger charge is -2.33. The number of carbonyl (C=O) groups excluding carboxylic acids is 11. The Morgan fingerprint density at radius 1 is 0.681 bits per heavy atom. The van der Waals surface area contributed by atoms with Crippen LogP contribution in [0.4, 0.5) is 0 Å². The topological polar surface area (TPSA) is 438 Å². The van der Waals surface area contributed by atoms with Crippen molar-refractivity contribution in [2.24, 2.45) is 5.73 Å². The predicted octanol–water partition coefficient (Wildman–Crippen LogP) is -2.02. The van der Waals surface area contributed by atoms with E-state index >= 15 is 14.4 Å². The third-order valence-corrected chi connectivity index (χ3v) is 16.3. The number of rotatable bonds is 18. The second-order valence-corrected chi connectivity index (χ2v) is 22.9. The first-order valence-electron chi connectivity index (χ1n) is 30.7. The molecular weight excluding hydrogens is 1170 g/mol. The molecule has 3 aliphatic heterocycles. The van der Waals surface area contributed by atoms with Gasteiger partial charge < -0.3 is 83.7 Å². The van der Waals surface area contributed by atoms with E-state index in [9.17, 15) is 38.4 Å². The Hall–Kier alpha value is -10.2. The number of carbonyl (C=O) groups is 11. The molecule has 91 heavy (non-hydrogen) atoms. The van der Waals surface area contributed by atoms with Crippen molar-refractivity contribution < 1.29 is 52.7 Å². The molecule has 8 rings (SSSR count). The monoisotopic (exact) mass is 1260 g/mol. The van der Waals surface area contributed by atoms with Crippen LogP contribution in [0.25, 0.3) is 10.9 Å². The highest BCUT2D eigenvalue weighted by atomic mass is 16.2. The number of amides is 11. The van der Waals surface area contributed by atoms with Crippen LogP contribution in [-0.4, -0.2) is 193 Å². The Morgan fingerprint density at radius 3 is 1.98 bits per heavy atom. The van der Waals surface area contributed by atoms with Gasteiger partial charge in [0.2, 0.25) is 65.0 Å². The molecule has 0 radical (unpaired) electrons. The van der Waals surface area contributed by atoms with Gasteiger partial charge in [0.05, 0.1) is 30.5 Å². The summed E-state index contributed by atoms with van der Waals surface area (Å²) >= 11 is 0. The van der Waals surface area contributed by atoms with Gasteiger partial charge in [-0.1, -0.05) is 48.5 Å². The third kappa shape index (κ3) is 18.7. The van der Waals surface area contributed by atoms with E-state index < -0.39 is 126 Å². The molecule has 0 bridgehead atoms. The molecule has 0 aliphatic carbocycles. The molecule has 3 aromatic heterocycles. The van der Waals surface area contributed by atoms with Crippen LogP contribution in [0.3, 0.4) is 0 Å². The molecule has 3 saturated heterocycles. The Kier molecular flexibility index (Phi) is 23.7. The van der Waals surface area contributed by atoms with Crippen LogP contribution in [0.5, 0.6) is 0 Å². The standard InChI is InChI=1S/C61H81N19O11/c1-35(81)72-42-17-8-9-21-67-51(82)29-48(59(90)80-24-12-20-50(80)60(91)79-23-11-19-49(79)58(89)77-46(52(83)64-2)27-38-31-65-33-70-38)78-56(87)45(26-37-30-69-41-16-7-6-15-40(37)41)75-54(85)43(18-10-22-68-61(62)63)73-55(86)44(25-36-13-4-3-5-14-36)74-57(88)47(76-53(42)84)28-39-32-66-34-71-39/h3-7,13-16,30-34,42-50,69H,8-12,17-29H2,1-2H3,(H,64,83)(H,65,70)(H,66,71)(H,67,82)(H,72,81)(H,73,86)(H,74,88)(H,75,85)(H,76,84)(H,77,89)(H,78,87)(H4,62,63,68)/t42-,43-,44+,45-,46-,47-,48-,49-,50-/m0/s1. The smallest absolute Gasteiger partial charge is 0.246 e. The number of guanidine groups is 1. The minimum absolute atomic E-state index is 0.00437. The van der Waals surface area contributed by atoms with Gasteiger partial charge >= 0.3 is 0 Å². The summed E-state index contributed by atoms with van der Waals surface area (Å²) in [7, 11) is 1.43. The van der Waals surface area contributed by atoms with Crippen molar-refractivity contribution in [3.05, 3.63) is 108 Å². The van der Waals surface area contributed by atoms with Gasteiger partial charge in [0.1, 0.15) is 54.4 Å². The highest BCUT2D eigenvalue weighted by molar-refractivity contribution is 6.00. The van der Waals surface area contributed by atoms with E-state index in [1.165, 1.54) is 42.6 Å². The van der Waals surface area contributed by atoms with Crippen LogP contribution in [0, 0.1) is 5.41 Å². The lowest BCUT2D eigenvalue weighted by molar-refractivity contribution is -0.148. The molecule has 30 heteroatoms. The Balaban J connectivity index is 1.12. The highest BCUT2D eigenvalue weighted by Crippen LogP contribution is 2.27. The fourth-order valence-electron chi connectivity index (χ4n) is 11.7. The van der Waals surface area contributed by atoms with Gasteiger partial charge in [-0.2, -0.15) is 0 Å². The quantitative estimate of drug-likeness (QED) is 0.0256.